The number of rotatable bonds is 7. The van der Waals surface area contributed by atoms with Crippen molar-refractivity contribution in [1.29, 1.82) is 0 Å². The van der Waals surface area contributed by atoms with E-state index in [-0.39, 0.29) is 19.1 Å². The Hall–Kier alpha value is -3.16. The van der Waals surface area contributed by atoms with Gasteiger partial charge in [0.05, 0.1) is 12.2 Å². The zero-order valence-electron chi connectivity index (χ0n) is 16.4. The van der Waals surface area contributed by atoms with Crippen LogP contribution < -0.4 is 10.2 Å². The highest BCUT2D eigenvalue weighted by atomic mass is 16.5. The van der Waals surface area contributed by atoms with Crippen LogP contribution in [0.4, 0.5) is 5.95 Å². The van der Waals surface area contributed by atoms with Gasteiger partial charge in [0.1, 0.15) is 18.9 Å². The largest absolute Gasteiger partial charge is 0.463 e. The molecule has 28 heavy (non-hydrogen) atoms. The molecule has 0 spiro atoms. The molecule has 2 aromatic rings. The van der Waals surface area contributed by atoms with Crippen molar-refractivity contribution < 1.29 is 14.3 Å². The first-order valence-electron chi connectivity index (χ1n) is 9.45. The molecule has 0 bridgehead atoms. The molecule has 1 aromatic carbocycles. The highest BCUT2D eigenvalue weighted by Crippen LogP contribution is 2.38. The topological polar surface area (TPSA) is 89.4 Å². The van der Waals surface area contributed by atoms with Crippen molar-refractivity contribution >= 4 is 17.8 Å². The molecule has 0 unspecified atom stereocenters. The number of ether oxygens (including phenoxy) is 1. The normalized spacial score (nSPS) is 16.0. The Balaban J connectivity index is 2.07. The molecule has 1 aromatic heterocycles. The molecular formula is C20H25N5O3. The van der Waals surface area contributed by atoms with Crippen LogP contribution in [-0.4, -0.2) is 46.3 Å². The maximum atomic E-state index is 12.9. The summed E-state index contributed by atoms with van der Waals surface area (Å²) in [6, 6.07) is 9.15. The van der Waals surface area contributed by atoms with Crippen LogP contribution in [0.15, 0.2) is 47.9 Å². The van der Waals surface area contributed by atoms with Crippen LogP contribution in [0.2, 0.25) is 0 Å². The lowest BCUT2D eigenvalue weighted by Crippen LogP contribution is -2.42. The summed E-state index contributed by atoms with van der Waals surface area (Å²) in [6.45, 7) is 6.48. The second-order valence-corrected chi connectivity index (χ2v) is 6.47. The molecule has 8 heteroatoms. The first kappa shape index (κ1) is 19.6. The fourth-order valence-corrected chi connectivity index (χ4v) is 3.30. The Morgan fingerprint density at radius 3 is 2.64 bits per heavy atom. The van der Waals surface area contributed by atoms with E-state index >= 15 is 0 Å². The van der Waals surface area contributed by atoms with E-state index in [1.54, 1.807) is 16.5 Å². The zero-order chi connectivity index (χ0) is 20.1. The van der Waals surface area contributed by atoms with Crippen LogP contribution in [-0.2, 0) is 14.3 Å². The first-order valence-corrected chi connectivity index (χ1v) is 9.45. The van der Waals surface area contributed by atoms with Gasteiger partial charge in [-0.25, -0.2) is 9.48 Å². The lowest BCUT2D eigenvalue weighted by Gasteiger charge is -2.35. The van der Waals surface area contributed by atoms with Crippen LogP contribution in [0.25, 0.3) is 0 Å². The number of nitrogens with zero attached hydrogens (tertiary/aromatic N) is 4. The molecule has 148 valence electrons. The van der Waals surface area contributed by atoms with Gasteiger partial charge in [0, 0.05) is 12.2 Å². The third-order valence-electron chi connectivity index (χ3n) is 4.59. The van der Waals surface area contributed by atoms with Crippen molar-refractivity contribution in [2.24, 2.45) is 0 Å². The summed E-state index contributed by atoms with van der Waals surface area (Å²) in [5, 5.41) is 7.21. The standard InChI is InChI=1S/C20H25N5O3/c1-4-11-21-16(26)12-24-14(3)17(19(27)28-5-2)18(15-9-7-6-8-10-15)25-20(24)22-13-23-25/h6-10,13,18H,4-5,11-12H2,1-3H3,(H,21,26)/t18-/m0/s1. The van der Waals surface area contributed by atoms with Crippen molar-refractivity contribution in [3.63, 3.8) is 0 Å². The number of esters is 1. The molecule has 3 rings (SSSR count). The van der Waals surface area contributed by atoms with Crippen LogP contribution in [0.3, 0.4) is 0 Å². The Kier molecular flexibility index (Phi) is 6.08. The lowest BCUT2D eigenvalue weighted by atomic mass is 9.95. The molecule has 0 aliphatic carbocycles. The van der Waals surface area contributed by atoms with Gasteiger partial charge in [-0.15, -0.1) is 0 Å². The first-order chi connectivity index (χ1) is 13.6. The van der Waals surface area contributed by atoms with Gasteiger partial charge < -0.3 is 15.0 Å². The molecule has 1 aliphatic rings. The number of benzene rings is 1. The molecule has 1 atom stereocenters. The van der Waals surface area contributed by atoms with Gasteiger partial charge in [0.15, 0.2) is 0 Å². The fraction of sp³-hybridized carbons (Fsp3) is 0.400. The number of hydrogen-bond donors (Lipinski definition) is 1. The minimum absolute atomic E-state index is 0.0505. The number of amides is 1. The van der Waals surface area contributed by atoms with E-state index in [9.17, 15) is 9.59 Å². The Bertz CT molecular complexity index is 875. The Morgan fingerprint density at radius 2 is 1.96 bits per heavy atom. The maximum Gasteiger partial charge on any atom is 0.338 e. The minimum atomic E-state index is -0.465. The van der Waals surface area contributed by atoms with E-state index in [0.717, 1.165) is 12.0 Å². The summed E-state index contributed by atoms with van der Waals surface area (Å²) in [5.74, 6) is -0.0443. The maximum absolute atomic E-state index is 12.9. The molecule has 0 saturated heterocycles. The van der Waals surface area contributed by atoms with Gasteiger partial charge in [-0.2, -0.15) is 10.1 Å². The summed E-state index contributed by atoms with van der Waals surface area (Å²) in [4.78, 5) is 31.3. The van der Waals surface area contributed by atoms with Crippen LogP contribution in [0.5, 0.6) is 0 Å². The number of anilines is 1. The van der Waals surface area contributed by atoms with E-state index in [4.69, 9.17) is 4.74 Å². The van der Waals surface area contributed by atoms with Crippen molar-refractivity contribution in [1.82, 2.24) is 20.1 Å². The van der Waals surface area contributed by atoms with E-state index in [2.05, 4.69) is 15.4 Å². The number of carbonyl (C=O) groups excluding carboxylic acids is 2. The number of carbonyl (C=O) groups is 2. The lowest BCUT2D eigenvalue weighted by molar-refractivity contribution is -0.139. The Labute approximate surface area is 164 Å². The summed E-state index contributed by atoms with van der Waals surface area (Å²) in [6.07, 6.45) is 2.28. The predicted octanol–water partition coefficient (Wildman–Crippen LogP) is 2.05. The van der Waals surface area contributed by atoms with Gasteiger partial charge >= 0.3 is 5.97 Å². The van der Waals surface area contributed by atoms with E-state index in [0.29, 0.717) is 23.8 Å². The van der Waals surface area contributed by atoms with Crippen LogP contribution in [0, 0.1) is 0 Å². The Morgan fingerprint density at radius 1 is 1.21 bits per heavy atom. The second-order valence-electron chi connectivity index (χ2n) is 6.47. The van der Waals surface area contributed by atoms with E-state index in [1.807, 2.05) is 44.2 Å². The highest BCUT2D eigenvalue weighted by Gasteiger charge is 2.38. The quantitative estimate of drug-likeness (QED) is 0.736. The molecular weight excluding hydrogens is 358 g/mol. The number of allylic oxidation sites excluding steroid dienone is 1. The predicted molar refractivity (Wildman–Crippen MR) is 105 cm³/mol. The van der Waals surface area contributed by atoms with Crippen LogP contribution in [0.1, 0.15) is 38.8 Å². The average molecular weight is 383 g/mol. The number of hydrogen-bond acceptors (Lipinski definition) is 6. The van der Waals surface area contributed by atoms with Crippen LogP contribution >= 0.6 is 0 Å². The second kappa shape index (κ2) is 8.69. The summed E-state index contributed by atoms with van der Waals surface area (Å²) in [7, 11) is 0. The third-order valence-corrected chi connectivity index (χ3v) is 4.59. The molecule has 1 aliphatic heterocycles. The monoisotopic (exact) mass is 383 g/mol. The SMILES string of the molecule is CCCNC(=O)CN1C(C)=C(C(=O)OCC)[C@H](c2ccccc2)n2ncnc21. The highest BCUT2D eigenvalue weighted by molar-refractivity contribution is 5.93. The van der Waals surface area contributed by atoms with E-state index in [1.165, 1.54) is 6.33 Å². The molecule has 1 amide bonds. The summed E-state index contributed by atoms with van der Waals surface area (Å²) in [5.41, 5.74) is 1.99. The molecule has 8 nitrogen and oxygen atoms in total. The smallest absolute Gasteiger partial charge is 0.338 e. The van der Waals surface area contributed by atoms with Crippen molar-refractivity contribution in [2.45, 2.75) is 33.2 Å². The third kappa shape index (κ3) is 3.76. The zero-order valence-corrected chi connectivity index (χ0v) is 16.4. The fourth-order valence-electron chi connectivity index (χ4n) is 3.30. The number of fused-ring (bicyclic) bond motifs is 1. The number of aromatic nitrogens is 3. The van der Waals surface area contributed by atoms with E-state index < -0.39 is 12.0 Å². The molecule has 2 heterocycles. The molecule has 0 radical (unpaired) electrons. The molecule has 0 saturated carbocycles. The summed E-state index contributed by atoms with van der Waals surface area (Å²) < 4.78 is 7.00. The van der Waals surface area contributed by atoms with Crippen molar-refractivity contribution in [3.05, 3.63) is 53.5 Å². The average Bonchev–Trinajstić information content (AvgIpc) is 3.18. The van der Waals surface area contributed by atoms with Gasteiger partial charge in [-0.3, -0.25) is 4.79 Å². The van der Waals surface area contributed by atoms with Gasteiger partial charge in [-0.05, 0) is 25.8 Å². The van der Waals surface area contributed by atoms with Gasteiger partial charge in [-0.1, -0.05) is 37.3 Å². The summed E-state index contributed by atoms with van der Waals surface area (Å²) >= 11 is 0. The number of nitrogens with one attached hydrogen (secondary N) is 1. The molecule has 0 fully saturated rings. The molecule has 1 N–H and O–H groups in total. The minimum Gasteiger partial charge on any atom is -0.463 e. The van der Waals surface area contributed by atoms with Crippen molar-refractivity contribution in [3.8, 4) is 0 Å². The van der Waals surface area contributed by atoms with Gasteiger partial charge in [0.2, 0.25) is 11.9 Å². The van der Waals surface area contributed by atoms with Crippen molar-refractivity contribution in [2.75, 3.05) is 24.6 Å². The van der Waals surface area contributed by atoms with Gasteiger partial charge in [0.25, 0.3) is 0 Å².